The van der Waals surface area contributed by atoms with Crippen LogP contribution in [0.25, 0.3) is 0 Å². The fraction of sp³-hybridized carbons (Fsp3) is 1.00. The third kappa shape index (κ3) is 4.44. The molecule has 2 atom stereocenters. The summed E-state index contributed by atoms with van der Waals surface area (Å²) in [6, 6.07) is 2.25. The van der Waals surface area contributed by atoms with E-state index in [1.165, 1.54) is 64.8 Å². The molecule has 2 rings (SSSR count). The Morgan fingerprint density at radius 2 is 2.11 bits per heavy atom. The summed E-state index contributed by atoms with van der Waals surface area (Å²) >= 11 is 0. The van der Waals surface area contributed by atoms with Gasteiger partial charge in [0.05, 0.1) is 0 Å². The van der Waals surface area contributed by atoms with Gasteiger partial charge in [-0.25, -0.2) is 0 Å². The highest BCUT2D eigenvalue weighted by Gasteiger charge is 2.29. The van der Waals surface area contributed by atoms with Crippen molar-refractivity contribution in [3.05, 3.63) is 0 Å². The molecule has 3 nitrogen and oxygen atoms in total. The maximum Gasteiger partial charge on any atom is 0.0236 e. The molecule has 1 N–H and O–H groups in total. The van der Waals surface area contributed by atoms with Crippen LogP contribution in [0.5, 0.6) is 0 Å². The van der Waals surface area contributed by atoms with Gasteiger partial charge >= 0.3 is 0 Å². The van der Waals surface area contributed by atoms with Crippen LogP contribution in [0.4, 0.5) is 0 Å². The van der Waals surface area contributed by atoms with Gasteiger partial charge in [0.15, 0.2) is 0 Å². The first-order valence-corrected chi connectivity index (χ1v) is 8.42. The Hall–Kier alpha value is -0.120. The van der Waals surface area contributed by atoms with E-state index in [2.05, 4.69) is 35.9 Å². The Bertz CT molecular complexity index is 248. The third-order valence-electron chi connectivity index (χ3n) is 4.82. The predicted octanol–water partition coefficient (Wildman–Crippen LogP) is 2.32. The molecule has 2 aliphatic heterocycles. The first-order valence-electron chi connectivity index (χ1n) is 8.42. The highest BCUT2D eigenvalue weighted by atomic mass is 15.3. The lowest BCUT2D eigenvalue weighted by Gasteiger charge is -2.34. The van der Waals surface area contributed by atoms with Crippen LogP contribution in [0.3, 0.4) is 0 Å². The fourth-order valence-electron chi connectivity index (χ4n) is 3.61. The lowest BCUT2D eigenvalue weighted by atomic mass is 10.0. The van der Waals surface area contributed by atoms with Crippen LogP contribution in [0, 0.1) is 0 Å². The molecule has 0 radical (unpaired) electrons. The number of hydrogen-bond donors (Lipinski definition) is 1. The summed E-state index contributed by atoms with van der Waals surface area (Å²) in [7, 11) is 0. The van der Waals surface area contributed by atoms with E-state index in [0.717, 1.165) is 12.1 Å². The van der Waals surface area contributed by atoms with Gasteiger partial charge in [0, 0.05) is 37.8 Å². The van der Waals surface area contributed by atoms with Crippen LogP contribution < -0.4 is 5.32 Å². The van der Waals surface area contributed by atoms with E-state index in [9.17, 15) is 0 Å². The summed E-state index contributed by atoms with van der Waals surface area (Å²) in [5.74, 6) is 0. The van der Waals surface area contributed by atoms with Crippen LogP contribution in [0.15, 0.2) is 0 Å². The molecule has 0 aromatic rings. The number of piperidine rings is 1. The van der Waals surface area contributed by atoms with Crippen molar-refractivity contribution in [2.24, 2.45) is 0 Å². The molecule has 19 heavy (non-hydrogen) atoms. The minimum atomic E-state index is 0.710. The summed E-state index contributed by atoms with van der Waals surface area (Å²) in [4.78, 5) is 5.41. The van der Waals surface area contributed by atoms with E-state index < -0.39 is 0 Å². The van der Waals surface area contributed by atoms with E-state index in [-0.39, 0.29) is 0 Å². The lowest BCUT2D eigenvalue weighted by Crippen LogP contribution is -2.48. The van der Waals surface area contributed by atoms with Gasteiger partial charge in [0.25, 0.3) is 0 Å². The normalized spacial score (nSPS) is 29.5. The molecule has 2 aliphatic rings. The fourth-order valence-corrected chi connectivity index (χ4v) is 3.61. The Labute approximate surface area is 119 Å². The molecule has 112 valence electrons. The first-order chi connectivity index (χ1) is 9.20. The van der Waals surface area contributed by atoms with Crippen molar-refractivity contribution >= 4 is 0 Å². The second-order valence-electron chi connectivity index (χ2n) is 6.67. The third-order valence-corrected chi connectivity index (χ3v) is 4.82. The average Bonchev–Trinajstić information content (AvgIpc) is 2.89. The van der Waals surface area contributed by atoms with Crippen LogP contribution in [-0.2, 0) is 0 Å². The molecule has 2 unspecified atom stereocenters. The van der Waals surface area contributed by atoms with Crippen molar-refractivity contribution in [3.8, 4) is 0 Å². The van der Waals surface area contributed by atoms with Crippen LogP contribution in [0.2, 0.25) is 0 Å². The Balaban J connectivity index is 1.84. The van der Waals surface area contributed by atoms with Gasteiger partial charge in [0.2, 0.25) is 0 Å². The van der Waals surface area contributed by atoms with Gasteiger partial charge in [-0.15, -0.1) is 0 Å². The number of hydrogen-bond acceptors (Lipinski definition) is 3. The maximum absolute atomic E-state index is 3.71. The van der Waals surface area contributed by atoms with Gasteiger partial charge in [0.1, 0.15) is 0 Å². The molecule has 0 saturated carbocycles. The zero-order valence-electron chi connectivity index (χ0n) is 13.2. The molecule has 2 heterocycles. The van der Waals surface area contributed by atoms with Gasteiger partial charge in [-0.05, 0) is 52.6 Å². The van der Waals surface area contributed by atoms with Crippen molar-refractivity contribution in [1.82, 2.24) is 15.1 Å². The highest BCUT2D eigenvalue weighted by molar-refractivity contribution is 4.87. The minimum Gasteiger partial charge on any atom is -0.313 e. The molecule has 0 amide bonds. The van der Waals surface area contributed by atoms with Gasteiger partial charge < -0.3 is 5.32 Å². The Morgan fingerprint density at radius 3 is 2.68 bits per heavy atom. The zero-order chi connectivity index (χ0) is 13.7. The average molecular weight is 267 g/mol. The molecule has 0 bridgehead atoms. The smallest absolute Gasteiger partial charge is 0.0236 e. The van der Waals surface area contributed by atoms with Gasteiger partial charge in [-0.2, -0.15) is 0 Å². The molecule has 2 fully saturated rings. The largest absolute Gasteiger partial charge is 0.313 e. The van der Waals surface area contributed by atoms with E-state index in [4.69, 9.17) is 0 Å². The number of nitrogens with zero attached hydrogens (tertiary/aromatic N) is 2. The van der Waals surface area contributed by atoms with Crippen molar-refractivity contribution in [2.45, 2.75) is 71.0 Å². The first kappa shape index (κ1) is 15.3. The zero-order valence-corrected chi connectivity index (χ0v) is 13.2. The Kier molecular flexibility index (Phi) is 6.11. The molecule has 0 aliphatic carbocycles. The summed E-state index contributed by atoms with van der Waals surface area (Å²) < 4.78 is 0. The standard InChI is InChI=1S/C16H33N3/c1-4-10-19(12-15-7-5-6-9-17-15)16-8-11-18(13-16)14(2)3/h14-17H,4-13H2,1-3H3. The molecule has 0 spiro atoms. The van der Waals surface area contributed by atoms with Crippen molar-refractivity contribution in [2.75, 3.05) is 32.7 Å². The second kappa shape index (κ2) is 7.61. The van der Waals surface area contributed by atoms with E-state index >= 15 is 0 Å². The maximum atomic E-state index is 3.71. The van der Waals surface area contributed by atoms with Crippen molar-refractivity contribution < 1.29 is 0 Å². The van der Waals surface area contributed by atoms with Crippen LogP contribution in [0.1, 0.15) is 52.9 Å². The topological polar surface area (TPSA) is 18.5 Å². The molecule has 3 heteroatoms. The second-order valence-corrected chi connectivity index (χ2v) is 6.67. The van der Waals surface area contributed by atoms with Crippen LogP contribution >= 0.6 is 0 Å². The Morgan fingerprint density at radius 1 is 1.26 bits per heavy atom. The minimum absolute atomic E-state index is 0.710. The monoisotopic (exact) mass is 267 g/mol. The summed E-state index contributed by atoms with van der Waals surface area (Å²) in [6.07, 6.45) is 6.81. The van der Waals surface area contributed by atoms with E-state index in [0.29, 0.717) is 6.04 Å². The van der Waals surface area contributed by atoms with Gasteiger partial charge in [-0.1, -0.05) is 13.3 Å². The summed E-state index contributed by atoms with van der Waals surface area (Å²) in [6.45, 7) is 13.3. The summed E-state index contributed by atoms with van der Waals surface area (Å²) in [5.41, 5.74) is 0. The number of rotatable bonds is 6. The quantitative estimate of drug-likeness (QED) is 0.797. The molecule has 0 aromatic heterocycles. The lowest BCUT2D eigenvalue weighted by molar-refractivity contribution is 0.158. The number of nitrogens with one attached hydrogen (secondary N) is 1. The SMILES string of the molecule is CCCN(CC1CCCCN1)C1CCN(C(C)C)C1. The molecular weight excluding hydrogens is 234 g/mol. The van der Waals surface area contributed by atoms with Crippen molar-refractivity contribution in [1.29, 1.82) is 0 Å². The molecular formula is C16H33N3. The van der Waals surface area contributed by atoms with Crippen LogP contribution in [-0.4, -0.2) is 60.6 Å². The van der Waals surface area contributed by atoms with Gasteiger partial charge in [-0.3, -0.25) is 9.80 Å². The summed E-state index contributed by atoms with van der Waals surface area (Å²) in [5, 5.41) is 3.71. The number of likely N-dealkylation sites (tertiary alicyclic amines) is 1. The molecule has 2 saturated heterocycles. The predicted molar refractivity (Wildman–Crippen MR) is 82.6 cm³/mol. The van der Waals surface area contributed by atoms with Crippen molar-refractivity contribution in [3.63, 3.8) is 0 Å². The van der Waals surface area contributed by atoms with E-state index in [1.807, 2.05) is 0 Å². The highest BCUT2D eigenvalue weighted by Crippen LogP contribution is 2.19. The molecule has 0 aromatic carbocycles. The van der Waals surface area contributed by atoms with E-state index in [1.54, 1.807) is 0 Å².